The van der Waals surface area contributed by atoms with Gasteiger partial charge in [-0.25, -0.2) is 0 Å². The van der Waals surface area contributed by atoms with E-state index in [4.69, 9.17) is 5.73 Å². The van der Waals surface area contributed by atoms with E-state index in [1.165, 1.54) is 0 Å². The molecule has 0 aliphatic carbocycles. The molecule has 0 heterocycles. The van der Waals surface area contributed by atoms with Crippen molar-refractivity contribution in [2.24, 2.45) is 5.92 Å². The Balaban J connectivity index is 2.50. The zero-order valence-electron chi connectivity index (χ0n) is 11.4. The molecule has 0 radical (unpaired) electrons. The highest BCUT2D eigenvalue weighted by atomic mass is 16.2. The number of carbonyl (C=O) groups is 1. The number of rotatable bonds is 6. The number of likely N-dealkylation sites (N-methyl/N-ethyl adjacent to an activating group) is 1. The van der Waals surface area contributed by atoms with Crippen molar-refractivity contribution in [2.45, 2.75) is 20.8 Å². The summed E-state index contributed by atoms with van der Waals surface area (Å²) in [5.41, 5.74) is 7.07. The fourth-order valence-electron chi connectivity index (χ4n) is 1.84. The first-order valence-electron chi connectivity index (χ1n) is 6.39. The van der Waals surface area contributed by atoms with E-state index in [0.717, 1.165) is 18.8 Å². The Kier molecular flexibility index (Phi) is 5.65. The number of hydrogen-bond acceptors (Lipinski definition) is 3. The number of hydrogen-bond donors (Lipinski definition) is 2. The summed E-state index contributed by atoms with van der Waals surface area (Å²) < 4.78 is 0. The van der Waals surface area contributed by atoms with Crippen LogP contribution in [0.15, 0.2) is 24.3 Å². The van der Waals surface area contributed by atoms with E-state index in [0.29, 0.717) is 18.2 Å². The maximum atomic E-state index is 11.9. The summed E-state index contributed by atoms with van der Waals surface area (Å²) in [6.45, 7) is 8.60. The zero-order valence-corrected chi connectivity index (χ0v) is 11.4. The van der Waals surface area contributed by atoms with Gasteiger partial charge in [0.2, 0.25) is 5.91 Å². The van der Waals surface area contributed by atoms with E-state index in [1.54, 1.807) is 12.1 Å². The first kappa shape index (κ1) is 14.5. The molecular formula is C14H23N3O. The van der Waals surface area contributed by atoms with Crippen LogP contribution in [-0.2, 0) is 4.79 Å². The normalized spacial score (nSPS) is 10.9. The summed E-state index contributed by atoms with van der Waals surface area (Å²) in [7, 11) is 0. The van der Waals surface area contributed by atoms with Crippen LogP contribution in [0.1, 0.15) is 20.8 Å². The quantitative estimate of drug-likeness (QED) is 0.760. The summed E-state index contributed by atoms with van der Waals surface area (Å²) in [5, 5.41) is 2.86. The molecule has 0 saturated heterocycles. The number of nitrogens with zero attached hydrogens (tertiary/aromatic N) is 1. The Hall–Kier alpha value is -1.55. The summed E-state index contributed by atoms with van der Waals surface area (Å²) in [6.07, 6.45) is 0. The van der Waals surface area contributed by atoms with Crippen molar-refractivity contribution in [1.29, 1.82) is 0 Å². The highest BCUT2D eigenvalue weighted by molar-refractivity contribution is 5.92. The first-order chi connectivity index (χ1) is 8.51. The number of nitrogen functional groups attached to an aromatic ring is 1. The third-order valence-electron chi connectivity index (χ3n) is 2.61. The third kappa shape index (κ3) is 5.19. The summed E-state index contributed by atoms with van der Waals surface area (Å²) in [5.74, 6) is 0.563. The molecule has 0 spiro atoms. The SMILES string of the molecule is CCN(CC(=O)Nc1cccc(N)c1)CC(C)C. The van der Waals surface area contributed by atoms with Gasteiger partial charge in [-0.2, -0.15) is 0 Å². The number of benzene rings is 1. The predicted octanol–water partition coefficient (Wildman–Crippen LogP) is 2.19. The second kappa shape index (κ2) is 7.01. The van der Waals surface area contributed by atoms with Gasteiger partial charge in [-0.15, -0.1) is 0 Å². The van der Waals surface area contributed by atoms with Gasteiger partial charge in [-0.05, 0) is 30.7 Å². The molecule has 0 bridgehead atoms. The minimum Gasteiger partial charge on any atom is -0.399 e. The maximum absolute atomic E-state index is 11.9. The van der Waals surface area contributed by atoms with Crippen LogP contribution in [0.25, 0.3) is 0 Å². The van der Waals surface area contributed by atoms with Gasteiger partial charge in [0.25, 0.3) is 0 Å². The van der Waals surface area contributed by atoms with Gasteiger partial charge >= 0.3 is 0 Å². The highest BCUT2D eigenvalue weighted by Gasteiger charge is 2.10. The molecule has 100 valence electrons. The Morgan fingerprint density at radius 1 is 1.44 bits per heavy atom. The molecule has 0 aromatic heterocycles. The van der Waals surface area contributed by atoms with E-state index < -0.39 is 0 Å². The molecule has 0 atom stereocenters. The van der Waals surface area contributed by atoms with Crippen molar-refractivity contribution < 1.29 is 4.79 Å². The summed E-state index contributed by atoms with van der Waals surface area (Å²) in [4.78, 5) is 14.0. The van der Waals surface area contributed by atoms with Crippen LogP contribution in [0.3, 0.4) is 0 Å². The number of amides is 1. The van der Waals surface area contributed by atoms with Gasteiger partial charge < -0.3 is 11.1 Å². The summed E-state index contributed by atoms with van der Waals surface area (Å²) >= 11 is 0. The van der Waals surface area contributed by atoms with Crippen molar-refractivity contribution in [3.63, 3.8) is 0 Å². The molecule has 1 rings (SSSR count). The van der Waals surface area contributed by atoms with Gasteiger partial charge in [-0.1, -0.05) is 26.8 Å². The monoisotopic (exact) mass is 249 g/mol. The smallest absolute Gasteiger partial charge is 0.238 e. The van der Waals surface area contributed by atoms with Crippen LogP contribution in [0, 0.1) is 5.92 Å². The van der Waals surface area contributed by atoms with Gasteiger partial charge in [-0.3, -0.25) is 9.69 Å². The van der Waals surface area contributed by atoms with Crippen molar-refractivity contribution in [3.05, 3.63) is 24.3 Å². The fourth-order valence-corrected chi connectivity index (χ4v) is 1.84. The lowest BCUT2D eigenvalue weighted by atomic mass is 10.2. The molecule has 4 heteroatoms. The largest absolute Gasteiger partial charge is 0.399 e. The maximum Gasteiger partial charge on any atom is 0.238 e. The molecule has 0 fully saturated rings. The van der Waals surface area contributed by atoms with Crippen LogP contribution in [0.4, 0.5) is 11.4 Å². The van der Waals surface area contributed by atoms with Crippen molar-refractivity contribution in [2.75, 3.05) is 30.7 Å². The second-order valence-electron chi connectivity index (χ2n) is 4.90. The van der Waals surface area contributed by atoms with Crippen LogP contribution in [-0.4, -0.2) is 30.4 Å². The molecule has 1 aromatic carbocycles. The fraction of sp³-hybridized carbons (Fsp3) is 0.500. The zero-order chi connectivity index (χ0) is 13.5. The Morgan fingerprint density at radius 3 is 2.72 bits per heavy atom. The third-order valence-corrected chi connectivity index (χ3v) is 2.61. The highest BCUT2D eigenvalue weighted by Crippen LogP contribution is 2.11. The van der Waals surface area contributed by atoms with Crippen molar-refractivity contribution >= 4 is 17.3 Å². The first-order valence-corrected chi connectivity index (χ1v) is 6.39. The number of nitrogens with one attached hydrogen (secondary N) is 1. The topological polar surface area (TPSA) is 58.4 Å². The predicted molar refractivity (Wildman–Crippen MR) is 76.4 cm³/mol. The van der Waals surface area contributed by atoms with Gasteiger partial charge in [0.05, 0.1) is 6.54 Å². The molecule has 0 aliphatic heterocycles. The van der Waals surface area contributed by atoms with Crippen LogP contribution < -0.4 is 11.1 Å². The van der Waals surface area contributed by atoms with E-state index in [-0.39, 0.29) is 5.91 Å². The average molecular weight is 249 g/mol. The van der Waals surface area contributed by atoms with E-state index in [1.807, 2.05) is 12.1 Å². The molecular weight excluding hydrogens is 226 g/mol. The standard InChI is InChI=1S/C14H23N3O/c1-4-17(9-11(2)3)10-14(18)16-13-7-5-6-12(15)8-13/h5-8,11H,4,9-10,15H2,1-3H3,(H,16,18). The van der Waals surface area contributed by atoms with Gasteiger partial charge in [0.15, 0.2) is 0 Å². The number of anilines is 2. The lowest BCUT2D eigenvalue weighted by molar-refractivity contribution is -0.117. The molecule has 0 unspecified atom stereocenters. The number of carbonyl (C=O) groups excluding carboxylic acids is 1. The van der Waals surface area contributed by atoms with Gasteiger partial charge in [0.1, 0.15) is 0 Å². The molecule has 0 saturated carbocycles. The Morgan fingerprint density at radius 2 is 2.17 bits per heavy atom. The minimum atomic E-state index is 0.00287. The van der Waals surface area contributed by atoms with Crippen molar-refractivity contribution in [3.8, 4) is 0 Å². The van der Waals surface area contributed by atoms with Crippen LogP contribution in [0.5, 0.6) is 0 Å². The minimum absolute atomic E-state index is 0.00287. The molecule has 1 amide bonds. The molecule has 3 N–H and O–H groups in total. The summed E-state index contributed by atoms with van der Waals surface area (Å²) in [6, 6.07) is 7.23. The molecule has 4 nitrogen and oxygen atoms in total. The average Bonchev–Trinajstić information content (AvgIpc) is 2.27. The lowest BCUT2D eigenvalue weighted by Gasteiger charge is -2.21. The van der Waals surface area contributed by atoms with Crippen molar-refractivity contribution in [1.82, 2.24) is 4.90 Å². The molecule has 18 heavy (non-hydrogen) atoms. The van der Waals surface area contributed by atoms with E-state index in [9.17, 15) is 4.79 Å². The molecule has 0 aliphatic rings. The van der Waals surface area contributed by atoms with E-state index >= 15 is 0 Å². The number of nitrogens with two attached hydrogens (primary N) is 1. The molecule has 1 aromatic rings. The Bertz CT molecular complexity index is 390. The van der Waals surface area contributed by atoms with Gasteiger partial charge in [0, 0.05) is 17.9 Å². The second-order valence-corrected chi connectivity index (χ2v) is 4.90. The van der Waals surface area contributed by atoms with E-state index in [2.05, 4.69) is 31.0 Å². The van der Waals surface area contributed by atoms with Crippen LogP contribution >= 0.6 is 0 Å². The Labute approximate surface area is 109 Å². The van der Waals surface area contributed by atoms with Crippen LogP contribution in [0.2, 0.25) is 0 Å². The lowest BCUT2D eigenvalue weighted by Crippen LogP contribution is -2.35.